The van der Waals surface area contributed by atoms with Crippen LogP contribution < -0.4 is 10.2 Å². The summed E-state index contributed by atoms with van der Waals surface area (Å²) in [7, 11) is 0. The highest BCUT2D eigenvalue weighted by Gasteiger charge is 2.53. The van der Waals surface area contributed by atoms with Crippen molar-refractivity contribution < 1.29 is 24.1 Å². The summed E-state index contributed by atoms with van der Waals surface area (Å²) in [5, 5.41) is 17.3. The number of ether oxygens (including phenoxy) is 3. The fourth-order valence-electron chi connectivity index (χ4n) is 4.71. The van der Waals surface area contributed by atoms with Gasteiger partial charge in [0.2, 0.25) is 0 Å². The Morgan fingerprint density at radius 3 is 2.39 bits per heavy atom. The molecule has 8 nitrogen and oxygen atoms in total. The summed E-state index contributed by atoms with van der Waals surface area (Å²) in [6.07, 6.45) is 20.0. The van der Waals surface area contributed by atoms with Crippen molar-refractivity contribution in [1.29, 1.82) is 5.41 Å². The molecule has 1 saturated heterocycles. The largest absolute Gasteiger partial charge is 0.455 e. The van der Waals surface area contributed by atoms with E-state index in [1.54, 1.807) is 16.8 Å². The van der Waals surface area contributed by atoms with Crippen LogP contribution in [-0.4, -0.2) is 45.5 Å². The van der Waals surface area contributed by atoms with Crippen molar-refractivity contribution in [1.82, 2.24) is 9.55 Å². The molecule has 0 saturated carbocycles. The minimum atomic E-state index is -0.698. The molecule has 3 rings (SSSR count). The predicted molar refractivity (Wildman–Crippen MR) is 140 cm³/mol. The third-order valence-corrected chi connectivity index (χ3v) is 6.72. The number of hydrogen-bond acceptors (Lipinski definition) is 7. The molecule has 1 aromatic heterocycles. The van der Waals surface area contributed by atoms with Crippen LogP contribution in [0.1, 0.15) is 103 Å². The summed E-state index contributed by atoms with van der Waals surface area (Å²) in [5.74, 6) is -0.297. The molecule has 2 aliphatic heterocycles. The molecule has 0 amide bonds. The van der Waals surface area contributed by atoms with Crippen LogP contribution in [0.3, 0.4) is 0 Å². The Labute approximate surface area is 221 Å². The van der Waals surface area contributed by atoms with E-state index in [0.717, 1.165) is 25.7 Å². The van der Waals surface area contributed by atoms with Gasteiger partial charge in [0.15, 0.2) is 23.9 Å². The summed E-state index contributed by atoms with van der Waals surface area (Å²) in [4.78, 5) is 16.5. The molecule has 0 aliphatic carbocycles. The number of fused-ring (bicyclic) bond motifs is 3. The van der Waals surface area contributed by atoms with E-state index in [4.69, 9.17) is 19.6 Å². The summed E-state index contributed by atoms with van der Waals surface area (Å²) in [6, 6.07) is 1.81. The molecular formula is C27H44ClN3O5. The number of allylic oxidation sites excluding steroid dienone is 2. The maximum Gasteiger partial charge on any atom is 0.306 e. The lowest BCUT2D eigenvalue weighted by Crippen LogP contribution is -2.39. The number of carbonyl (C=O) groups is 1. The van der Waals surface area contributed by atoms with Crippen molar-refractivity contribution >= 4 is 18.4 Å². The summed E-state index contributed by atoms with van der Waals surface area (Å²) in [5.41, 5.74) is 0.0904. The van der Waals surface area contributed by atoms with E-state index in [-0.39, 0.29) is 36.5 Å². The van der Waals surface area contributed by atoms with E-state index in [9.17, 15) is 9.90 Å². The summed E-state index contributed by atoms with van der Waals surface area (Å²) >= 11 is 0. The SMILES string of the molecule is CCCCCCCC/C=C\CCCCCCCC(=O)O[C@H]1[C@@H]2Oc3nc(=N)ccn3[C@@H]2O[C@@H]1CO.Cl. The first-order valence-corrected chi connectivity index (χ1v) is 13.5. The third-order valence-electron chi connectivity index (χ3n) is 6.72. The first-order chi connectivity index (χ1) is 17.1. The second-order valence-electron chi connectivity index (χ2n) is 9.62. The Morgan fingerprint density at radius 2 is 1.72 bits per heavy atom. The molecule has 1 fully saturated rings. The van der Waals surface area contributed by atoms with Crippen LogP contribution in [0.5, 0.6) is 6.01 Å². The molecule has 0 unspecified atom stereocenters. The Bertz CT molecular complexity index is 862. The van der Waals surface area contributed by atoms with Crippen molar-refractivity contribution in [2.75, 3.05) is 6.61 Å². The van der Waals surface area contributed by atoms with Gasteiger partial charge in [0.05, 0.1) is 6.61 Å². The van der Waals surface area contributed by atoms with Crippen LogP contribution in [0.25, 0.3) is 0 Å². The average molecular weight is 526 g/mol. The van der Waals surface area contributed by atoms with Crippen molar-refractivity contribution in [3.63, 3.8) is 0 Å². The maximum absolute atomic E-state index is 12.4. The topological polar surface area (TPSA) is 107 Å². The highest BCUT2D eigenvalue weighted by molar-refractivity contribution is 5.85. The molecule has 36 heavy (non-hydrogen) atoms. The zero-order chi connectivity index (χ0) is 24.9. The lowest BCUT2D eigenvalue weighted by Gasteiger charge is -2.20. The third kappa shape index (κ3) is 9.20. The van der Waals surface area contributed by atoms with Gasteiger partial charge in [-0.2, -0.15) is 4.98 Å². The van der Waals surface area contributed by atoms with Crippen LogP contribution in [0.4, 0.5) is 0 Å². The van der Waals surface area contributed by atoms with Crippen molar-refractivity contribution in [2.24, 2.45) is 0 Å². The molecule has 0 radical (unpaired) electrons. The molecule has 0 bridgehead atoms. The number of nitrogens with zero attached hydrogens (tertiary/aromatic N) is 2. The average Bonchev–Trinajstić information content (AvgIpc) is 3.36. The van der Waals surface area contributed by atoms with Gasteiger partial charge in [-0.1, -0.05) is 70.4 Å². The number of rotatable bonds is 17. The maximum atomic E-state index is 12.4. The second-order valence-corrected chi connectivity index (χ2v) is 9.62. The van der Waals surface area contributed by atoms with Gasteiger partial charge in [0.25, 0.3) is 0 Å². The van der Waals surface area contributed by atoms with E-state index in [1.807, 2.05) is 0 Å². The van der Waals surface area contributed by atoms with Gasteiger partial charge < -0.3 is 19.3 Å². The minimum absolute atomic E-state index is 0. The number of aliphatic hydroxyl groups excluding tert-OH is 1. The molecular weight excluding hydrogens is 482 g/mol. The number of nitrogens with one attached hydrogen (secondary N) is 1. The number of aliphatic hydroxyl groups is 1. The quantitative estimate of drug-likeness (QED) is 0.160. The first kappa shape index (κ1) is 30.3. The predicted octanol–water partition coefficient (Wildman–Crippen LogP) is 5.38. The number of aromatic nitrogens is 2. The Morgan fingerprint density at radius 1 is 1.08 bits per heavy atom. The Hall–Kier alpha value is -1.90. The molecule has 4 atom stereocenters. The highest BCUT2D eigenvalue weighted by atomic mass is 35.5. The van der Waals surface area contributed by atoms with E-state index in [2.05, 4.69) is 24.1 Å². The summed E-state index contributed by atoms with van der Waals surface area (Å²) in [6.45, 7) is 1.99. The van der Waals surface area contributed by atoms with E-state index >= 15 is 0 Å². The van der Waals surface area contributed by atoms with Crippen LogP contribution in [-0.2, 0) is 14.3 Å². The molecule has 9 heteroatoms. The number of carbonyl (C=O) groups excluding carboxylic acids is 1. The van der Waals surface area contributed by atoms with Gasteiger partial charge >= 0.3 is 12.0 Å². The lowest BCUT2D eigenvalue weighted by molar-refractivity contribution is -0.156. The van der Waals surface area contributed by atoms with Crippen LogP contribution in [0.15, 0.2) is 24.4 Å². The number of esters is 1. The zero-order valence-electron chi connectivity index (χ0n) is 21.6. The van der Waals surface area contributed by atoms with Gasteiger partial charge in [-0.25, -0.2) is 0 Å². The van der Waals surface area contributed by atoms with Crippen LogP contribution >= 0.6 is 12.4 Å². The van der Waals surface area contributed by atoms with Crippen LogP contribution in [0, 0.1) is 5.41 Å². The van der Waals surface area contributed by atoms with Crippen molar-refractivity contribution in [2.45, 2.75) is 121 Å². The minimum Gasteiger partial charge on any atom is -0.455 e. The molecule has 3 heterocycles. The monoisotopic (exact) mass is 525 g/mol. The molecule has 2 N–H and O–H groups in total. The fourth-order valence-corrected chi connectivity index (χ4v) is 4.71. The van der Waals surface area contributed by atoms with Gasteiger partial charge in [-0.3, -0.25) is 14.8 Å². The van der Waals surface area contributed by atoms with E-state index in [1.165, 1.54) is 57.8 Å². The zero-order valence-corrected chi connectivity index (χ0v) is 22.4. The van der Waals surface area contributed by atoms with Crippen LogP contribution in [0.2, 0.25) is 0 Å². The Kier molecular flexibility index (Phi) is 14.1. The standard InChI is InChI=1S/C27H43N3O5.ClH/c1-2-3-4-5-6-7-8-9-10-11-12-13-14-15-16-17-23(32)34-24-21(20-31)33-26-25(24)35-27-29-22(28)18-19-30(26)27;/h9-10,18-19,21,24-26,28,31H,2-8,11-17,20H2,1H3;1H/b10-9-,28-22?;/t21-,24-,25+,26-;/m1./s1. The van der Waals surface area contributed by atoms with E-state index < -0.39 is 24.5 Å². The Balaban J connectivity index is 0.00000456. The van der Waals surface area contributed by atoms with Gasteiger partial charge in [0, 0.05) is 12.6 Å². The smallest absolute Gasteiger partial charge is 0.306 e. The highest BCUT2D eigenvalue weighted by Crippen LogP contribution is 2.40. The van der Waals surface area contributed by atoms with Gasteiger partial charge in [-0.05, 0) is 38.2 Å². The molecule has 1 aromatic rings. The summed E-state index contributed by atoms with van der Waals surface area (Å²) < 4.78 is 19.0. The van der Waals surface area contributed by atoms with Crippen molar-refractivity contribution in [3.8, 4) is 6.01 Å². The molecule has 0 spiro atoms. The fraction of sp³-hybridized carbons (Fsp3) is 0.741. The first-order valence-electron chi connectivity index (χ1n) is 13.5. The molecule has 0 aromatic carbocycles. The van der Waals surface area contributed by atoms with Gasteiger partial charge in [0.1, 0.15) is 6.10 Å². The van der Waals surface area contributed by atoms with Gasteiger partial charge in [-0.15, -0.1) is 12.4 Å². The normalized spacial score (nSPS) is 22.2. The number of hydrogen-bond donors (Lipinski definition) is 2. The second kappa shape index (κ2) is 16.8. The number of halogens is 1. The van der Waals surface area contributed by atoms with Crippen molar-refractivity contribution in [3.05, 3.63) is 29.9 Å². The molecule has 2 aliphatic rings. The lowest BCUT2D eigenvalue weighted by atomic mass is 10.1. The van der Waals surface area contributed by atoms with E-state index in [0.29, 0.717) is 6.42 Å². The number of unbranched alkanes of at least 4 members (excludes halogenated alkanes) is 11. The molecule has 204 valence electrons.